The second-order valence-corrected chi connectivity index (χ2v) is 5.43. The minimum absolute atomic E-state index is 0.340. The minimum atomic E-state index is -0.464. The fourth-order valence-electron chi connectivity index (χ4n) is 2.37. The highest BCUT2D eigenvalue weighted by atomic mass is 35.5. The molecule has 0 aromatic heterocycles. The van der Waals surface area contributed by atoms with Crippen LogP contribution in [0.1, 0.15) is 36.1 Å². The third kappa shape index (κ3) is 3.60. The molecule has 0 heterocycles. The molecule has 0 saturated carbocycles. The maximum Gasteiger partial charge on any atom is 0.129 e. The van der Waals surface area contributed by atoms with Gasteiger partial charge in [-0.3, -0.25) is 0 Å². The molecule has 4 heteroatoms. The predicted octanol–water partition coefficient (Wildman–Crippen LogP) is 5.02. The number of halogens is 3. The number of nitrogens with one attached hydrogen (secondary N) is 1. The van der Waals surface area contributed by atoms with Crippen LogP contribution in [0.15, 0.2) is 36.4 Å². The van der Waals surface area contributed by atoms with Crippen LogP contribution in [-0.2, 0) is 0 Å². The van der Waals surface area contributed by atoms with Gasteiger partial charge < -0.3 is 5.32 Å². The third-order valence-corrected chi connectivity index (χ3v) is 3.77. The Morgan fingerprint density at radius 1 is 1.19 bits per heavy atom. The van der Waals surface area contributed by atoms with Crippen LogP contribution in [0.25, 0.3) is 0 Å². The van der Waals surface area contributed by atoms with Crippen molar-refractivity contribution in [1.82, 2.24) is 5.32 Å². The Kier molecular flexibility index (Phi) is 5.32. The fraction of sp³-hybridized carbons (Fsp3) is 0.294. The Hall–Kier alpha value is -1.45. The van der Waals surface area contributed by atoms with Gasteiger partial charge >= 0.3 is 0 Å². The summed E-state index contributed by atoms with van der Waals surface area (Å²) in [6.45, 7) is 4.58. The highest BCUT2D eigenvalue weighted by molar-refractivity contribution is 6.31. The molecule has 0 aliphatic heterocycles. The van der Waals surface area contributed by atoms with Crippen LogP contribution in [0.2, 0.25) is 5.02 Å². The summed E-state index contributed by atoms with van der Waals surface area (Å²) in [4.78, 5) is 0. The number of rotatable bonds is 5. The van der Waals surface area contributed by atoms with E-state index in [0.29, 0.717) is 22.7 Å². The Bertz CT molecular complexity index is 608. The van der Waals surface area contributed by atoms with E-state index in [0.717, 1.165) is 12.0 Å². The van der Waals surface area contributed by atoms with Crippen LogP contribution in [0.4, 0.5) is 8.78 Å². The molecule has 1 unspecified atom stereocenters. The molecule has 1 N–H and O–H groups in total. The largest absolute Gasteiger partial charge is 0.306 e. The van der Waals surface area contributed by atoms with E-state index in [1.165, 1.54) is 18.2 Å². The van der Waals surface area contributed by atoms with E-state index in [1.54, 1.807) is 18.2 Å². The lowest BCUT2D eigenvalue weighted by atomic mass is 9.94. The molecule has 0 aliphatic carbocycles. The van der Waals surface area contributed by atoms with Gasteiger partial charge in [0.15, 0.2) is 0 Å². The lowest BCUT2D eigenvalue weighted by Gasteiger charge is -2.23. The molecule has 0 spiro atoms. The first-order valence-corrected chi connectivity index (χ1v) is 7.35. The lowest BCUT2D eigenvalue weighted by molar-refractivity contribution is 0.541. The fourth-order valence-corrected chi connectivity index (χ4v) is 2.64. The summed E-state index contributed by atoms with van der Waals surface area (Å²) in [6.07, 6.45) is 0.886. The molecular formula is C17H18ClF2N. The van der Waals surface area contributed by atoms with Crippen LogP contribution in [-0.4, -0.2) is 6.54 Å². The van der Waals surface area contributed by atoms with Crippen molar-refractivity contribution in [1.29, 1.82) is 0 Å². The Labute approximate surface area is 128 Å². The number of aryl methyl sites for hydroxylation is 1. The standard InChI is InChI=1S/C17H18ClF2N/c1-3-9-21-17(13-10-12(19)8-7-11(13)2)16-14(18)5-4-6-15(16)20/h4-8,10,17,21H,3,9H2,1-2H3. The number of benzene rings is 2. The van der Waals surface area contributed by atoms with Gasteiger partial charge in [0.05, 0.1) is 6.04 Å². The molecule has 0 amide bonds. The molecule has 0 radical (unpaired) electrons. The first kappa shape index (κ1) is 15.9. The van der Waals surface area contributed by atoms with E-state index >= 15 is 0 Å². The SMILES string of the molecule is CCCNC(c1cc(F)ccc1C)c1c(F)cccc1Cl. The molecule has 0 bridgehead atoms. The Morgan fingerprint density at radius 3 is 2.62 bits per heavy atom. The van der Waals surface area contributed by atoms with Crippen LogP contribution in [0.5, 0.6) is 0 Å². The molecule has 0 fully saturated rings. The van der Waals surface area contributed by atoms with E-state index in [9.17, 15) is 8.78 Å². The second-order valence-electron chi connectivity index (χ2n) is 5.02. The van der Waals surface area contributed by atoms with Gasteiger partial charge in [-0.2, -0.15) is 0 Å². The molecule has 2 rings (SSSR count). The summed E-state index contributed by atoms with van der Waals surface area (Å²) in [5.41, 5.74) is 1.96. The molecule has 112 valence electrons. The van der Waals surface area contributed by atoms with Crippen molar-refractivity contribution in [3.63, 3.8) is 0 Å². The number of hydrogen-bond donors (Lipinski definition) is 1. The second kappa shape index (κ2) is 7.01. The zero-order valence-corrected chi connectivity index (χ0v) is 12.8. The zero-order chi connectivity index (χ0) is 15.4. The highest BCUT2D eigenvalue weighted by Crippen LogP contribution is 2.32. The maximum atomic E-state index is 14.2. The monoisotopic (exact) mass is 309 g/mol. The topological polar surface area (TPSA) is 12.0 Å². The normalized spacial score (nSPS) is 12.4. The van der Waals surface area contributed by atoms with Crippen molar-refractivity contribution in [3.05, 3.63) is 69.7 Å². The molecule has 1 nitrogen and oxygen atoms in total. The summed E-state index contributed by atoms with van der Waals surface area (Å²) >= 11 is 6.17. The lowest BCUT2D eigenvalue weighted by Crippen LogP contribution is -2.25. The van der Waals surface area contributed by atoms with Gasteiger partial charge in [-0.15, -0.1) is 0 Å². The van der Waals surface area contributed by atoms with Crippen LogP contribution < -0.4 is 5.32 Å². The molecule has 2 aromatic rings. The molecule has 1 atom stereocenters. The molecule has 0 saturated heterocycles. The first-order chi connectivity index (χ1) is 10.0. The van der Waals surface area contributed by atoms with Crippen LogP contribution >= 0.6 is 11.6 Å². The van der Waals surface area contributed by atoms with E-state index in [4.69, 9.17) is 11.6 Å². The minimum Gasteiger partial charge on any atom is -0.306 e. The summed E-state index contributed by atoms with van der Waals surface area (Å²) in [5.74, 6) is -0.730. The van der Waals surface area contributed by atoms with E-state index in [1.807, 2.05) is 13.8 Å². The zero-order valence-electron chi connectivity index (χ0n) is 12.1. The Morgan fingerprint density at radius 2 is 1.95 bits per heavy atom. The summed E-state index contributed by atoms with van der Waals surface area (Å²) in [5, 5.41) is 3.60. The average molecular weight is 310 g/mol. The maximum absolute atomic E-state index is 14.2. The van der Waals surface area contributed by atoms with E-state index < -0.39 is 6.04 Å². The third-order valence-electron chi connectivity index (χ3n) is 3.44. The van der Waals surface area contributed by atoms with E-state index in [-0.39, 0.29) is 11.6 Å². The van der Waals surface area contributed by atoms with Crippen molar-refractivity contribution in [2.75, 3.05) is 6.54 Å². The summed E-state index contributed by atoms with van der Waals surface area (Å²) in [7, 11) is 0. The van der Waals surface area contributed by atoms with Crippen molar-refractivity contribution in [2.24, 2.45) is 0 Å². The smallest absolute Gasteiger partial charge is 0.129 e. The van der Waals surface area contributed by atoms with Gasteiger partial charge in [0, 0.05) is 10.6 Å². The van der Waals surface area contributed by atoms with Gasteiger partial charge in [0.25, 0.3) is 0 Å². The quantitative estimate of drug-likeness (QED) is 0.818. The summed E-state index contributed by atoms with van der Waals surface area (Å²) < 4.78 is 27.8. The van der Waals surface area contributed by atoms with Gasteiger partial charge in [-0.05, 0) is 55.3 Å². The summed E-state index contributed by atoms with van der Waals surface area (Å²) in [6, 6.07) is 8.65. The van der Waals surface area contributed by atoms with Gasteiger partial charge in [0.1, 0.15) is 11.6 Å². The van der Waals surface area contributed by atoms with Crippen LogP contribution in [0, 0.1) is 18.6 Å². The van der Waals surface area contributed by atoms with Gasteiger partial charge in [-0.1, -0.05) is 30.7 Å². The van der Waals surface area contributed by atoms with E-state index in [2.05, 4.69) is 5.32 Å². The predicted molar refractivity (Wildman–Crippen MR) is 82.7 cm³/mol. The number of hydrogen-bond acceptors (Lipinski definition) is 1. The van der Waals surface area contributed by atoms with Crippen molar-refractivity contribution < 1.29 is 8.78 Å². The highest BCUT2D eigenvalue weighted by Gasteiger charge is 2.22. The molecule has 21 heavy (non-hydrogen) atoms. The van der Waals surface area contributed by atoms with Gasteiger partial charge in [0.2, 0.25) is 0 Å². The molecule has 2 aromatic carbocycles. The van der Waals surface area contributed by atoms with Crippen molar-refractivity contribution in [2.45, 2.75) is 26.3 Å². The van der Waals surface area contributed by atoms with Crippen molar-refractivity contribution >= 4 is 11.6 Å². The average Bonchev–Trinajstić information content (AvgIpc) is 2.45. The Balaban J connectivity index is 2.55. The first-order valence-electron chi connectivity index (χ1n) is 6.98. The van der Waals surface area contributed by atoms with Gasteiger partial charge in [-0.25, -0.2) is 8.78 Å². The molecular weight excluding hydrogens is 292 g/mol. The van der Waals surface area contributed by atoms with Crippen molar-refractivity contribution in [3.8, 4) is 0 Å². The van der Waals surface area contributed by atoms with Crippen LogP contribution in [0.3, 0.4) is 0 Å². The molecule has 0 aliphatic rings.